The monoisotopic (exact) mass is 250 g/mol. The second-order valence-corrected chi connectivity index (χ2v) is 4.91. The van der Waals surface area contributed by atoms with Gasteiger partial charge >= 0.3 is 0 Å². The zero-order chi connectivity index (χ0) is 13.2. The van der Waals surface area contributed by atoms with E-state index in [-0.39, 0.29) is 0 Å². The maximum atomic E-state index is 4.70. The van der Waals surface area contributed by atoms with Gasteiger partial charge in [0.25, 0.3) is 0 Å². The highest BCUT2D eigenvalue weighted by Crippen LogP contribution is 2.28. The number of fused-ring (bicyclic) bond motifs is 1. The Kier molecular flexibility index (Phi) is 3.08. The Morgan fingerprint density at radius 1 is 1.05 bits per heavy atom. The molecule has 2 heteroatoms. The third-order valence-electron chi connectivity index (χ3n) is 3.50. The fourth-order valence-corrected chi connectivity index (χ4v) is 2.60. The van der Waals surface area contributed by atoms with Crippen LogP contribution in [0.5, 0.6) is 0 Å². The summed E-state index contributed by atoms with van der Waals surface area (Å²) in [6, 6.07) is 0. The average molecular weight is 250 g/mol. The summed E-state index contributed by atoms with van der Waals surface area (Å²) in [5, 5.41) is 0. The van der Waals surface area contributed by atoms with E-state index in [1.165, 1.54) is 17.0 Å². The standard InChI is InChI=1S/C17H18N2/c1-13-9-7-8-12-16-17(13)19(14(2)18-16)15-10-5-3-4-6-11-15/h3,5-6,8-12H,4,7H2,1-2H3. The number of aryl methyl sites for hydroxylation is 1. The number of imidazole rings is 1. The largest absolute Gasteiger partial charge is 0.296 e. The van der Waals surface area contributed by atoms with Crippen LogP contribution in [-0.4, -0.2) is 9.55 Å². The van der Waals surface area contributed by atoms with Gasteiger partial charge < -0.3 is 0 Å². The van der Waals surface area contributed by atoms with Crippen LogP contribution in [-0.2, 0) is 0 Å². The second-order valence-electron chi connectivity index (χ2n) is 4.91. The van der Waals surface area contributed by atoms with Gasteiger partial charge in [-0.05, 0) is 50.5 Å². The summed E-state index contributed by atoms with van der Waals surface area (Å²) in [4.78, 5) is 4.70. The molecule has 96 valence electrons. The van der Waals surface area contributed by atoms with Crippen molar-refractivity contribution in [3.8, 4) is 0 Å². The SMILES string of the molecule is CC1=CCC=Cc2nc(C)n(C3=CC=CCC=C3)c21. The van der Waals surface area contributed by atoms with Crippen LogP contribution in [0.1, 0.15) is 37.0 Å². The quantitative estimate of drug-likeness (QED) is 0.723. The topological polar surface area (TPSA) is 17.8 Å². The third kappa shape index (κ3) is 2.14. The molecule has 0 saturated heterocycles. The van der Waals surface area contributed by atoms with Crippen molar-refractivity contribution in [3.63, 3.8) is 0 Å². The number of nitrogens with zero attached hydrogens (tertiary/aromatic N) is 2. The molecular weight excluding hydrogens is 232 g/mol. The van der Waals surface area contributed by atoms with Gasteiger partial charge in [-0.3, -0.25) is 4.57 Å². The highest BCUT2D eigenvalue weighted by molar-refractivity contribution is 5.76. The molecule has 0 spiro atoms. The van der Waals surface area contributed by atoms with Crippen LogP contribution >= 0.6 is 0 Å². The molecule has 1 aromatic rings. The third-order valence-corrected chi connectivity index (χ3v) is 3.50. The first-order valence-electron chi connectivity index (χ1n) is 6.74. The molecule has 0 bridgehead atoms. The van der Waals surface area contributed by atoms with Gasteiger partial charge in [0.05, 0.1) is 11.4 Å². The van der Waals surface area contributed by atoms with Crippen molar-refractivity contribution >= 4 is 17.3 Å². The lowest BCUT2D eigenvalue weighted by Crippen LogP contribution is -2.02. The lowest BCUT2D eigenvalue weighted by Gasteiger charge is -2.11. The predicted molar refractivity (Wildman–Crippen MR) is 81.4 cm³/mol. The molecule has 0 radical (unpaired) electrons. The minimum atomic E-state index is 0.982. The number of allylic oxidation sites excluding steroid dienone is 9. The van der Waals surface area contributed by atoms with Crippen LogP contribution in [0.2, 0.25) is 0 Å². The average Bonchev–Trinajstić information content (AvgIpc) is 2.61. The molecule has 0 atom stereocenters. The summed E-state index contributed by atoms with van der Waals surface area (Å²) in [5.41, 5.74) is 4.77. The van der Waals surface area contributed by atoms with E-state index < -0.39 is 0 Å². The molecule has 0 aromatic carbocycles. The van der Waals surface area contributed by atoms with Gasteiger partial charge in [-0.1, -0.05) is 30.4 Å². The van der Waals surface area contributed by atoms with Crippen molar-refractivity contribution in [2.75, 3.05) is 0 Å². The fourth-order valence-electron chi connectivity index (χ4n) is 2.60. The Hall–Kier alpha value is -2.09. The number of aromatic nitrogens is 2. The van der Waals surface area contributed by atoms with E-state index in [1.807, 2.05) is 0 Å². The maximum Gasteiger partial charge on any atom is 0.111 e. The van der Waals surface area contributed by atoms with Crippen LogP contribution in [0.25, 0.3) is 17.3 Å². The van der Waals surface area contributed by atoms with Crippen molar-refractivity contribution < 1.29 is 0 Å². The number of hydrogen-bond acceptors (Lipinski definition) is 1. The van der Waals surface area contributed by atoms with Gasteiger partial charge in [0.15, 0.2) is 0 Å². The van der Waals surface area contributed by atoms with Crippen molar-refractivity contribution in [1.29, 1.82) is 0 Å². The van der Waals surface area contributed by atoms with E-state index in [0.29, 0.717) is 0 Å². The van der Waals surface area contributed by atoms with Crippen LogP contribution in [0, 0.1) is 6.92 Å². The van der Waals surface area contributed by atoms with Crippen molar-refractivity contribution in [2.45, 2.75) is 26.7 Å². The maximum absolute atomic E-state index is 4.70. The van der Waals surface area contributed by atoms with E-state index in [0.717, 1.165) is 24.4 Å². The van der Waals surface area contributed by atoms with Crippen LogP contribution in [0.15, 0.2) is 42.5 Å². The fraction of sp³-hybridized carbons (Fsp3) is 0.235. The molecule has 19 heavy (non-hydrogen) atoms. The van der Waals surface area contributed by atoms with Crippen LogP contribution < -0.4 is 0 Å². The van der Waals surface area contributed by atoms with Gasteiger partial charge in [-0.25, -0.2) is 4.98 Å². The minimum Gasteiger partial charge on any atom is -0.296 e. The highest BCUT2D eigenvalue weighted by Gasteiger charge is 2.17. The molecule has 3 rings (SSSR count). The minimum absolute atomic E-state index is 0.982. The second kappa shape index (κ2) is 4.88. The molecule has 1 aromatic heterocycles. The van der Waals surface area contributed by atoms with Gasteiger partial charge in [0, 0.05) is 5.70 Å². The smallest absolute Gasteiger partial charge is 0.111 e. The van der Waals surface area contributed by atoms with E-state index in [4.69, 9.17) is 4.98 Å². The van der Waals surface area contributed by atoms with Gasteiger partial charge in [-0.15, -0.1) is 0 Å². The molecule has 0 N–H and O–H groups in total. The molecule has 2 aliphatic carbocycles. The molecule has 2 aliphatic rings. The van der Waals surface area contributed by atoms with Crippen molar-refractivity contribution in [1.82, 2.24) is 9.55 Å². The molecule has 0 amide bonds. The van der Waals surface area contributed by atoms with Gasteiger partial charge in [0.1, 0.15) is 5.82 Å². The highest BCUT2D eigenvalue weighted by atomic mass is 15.1. The van der Waals surface area contributed by atoms with E-state index in [2.05, 4.69) is 67.0 Å². The number of rotatable bonds is 1. The molecule has 0 aliphatic heterocycles. The van der Waals surface area contributed by atoms with Crippen LogP contribution in [0.4, 0.5) is 0 Å². The van der Waals surface area contributed by atoms with Crippen molar-refractivity contribution in [2.24, 2.45) is 0 Å². The summed E-state index contributed by atoms with van der Waals surface area (Å²) < 4.78 is 2.25. The lowest BCUT2D eigenvalue weighted by molar-refractivity contribution is 0.990. The summed E-state index contributed by atoms with van der Waals surface area (Å²) in [6.07, 6.45) is 19.3. The van der Waals surface area contributed by atoms with Gasteiger partial charge in [0.2, 0.25) is 0 Å². The Balaban J connectivity index is 2.22. The first kappa shape index (κ1) is 12.0. The zero-order valence-electron chi connectivity index (χ0n) is 11.4. The molecule has 0 fully saturated rings. The summed E-state index contributed by atoms with van der Waals surface area (Å²) >= 11 is 0. The van der Waals surface area contributed by atoms with E-state index in [1.54, 1.807) is 0 Å². The Labute approximate surface area is 114 Å². The predicted octanol–water partition coefficient (Wildman–Crippen LogP) is 4.37. The van der Waals surface area contributed by atoms with Crippen LogP contribution in [0.3, 0.4) is 0 Å². The first-order valence-corrected chi connectivity index (χ1v) is 6.74. The Morgan fingerprint density at radius 2 is 1.89 bits per heavy atom. The Bertz CT molecular complexity index is 649. The van der Waals surface area contributed by atoms with E-state index in [9.17, 15) is 0 Å². The summed E-state index contributed by atoms with van der Waals surface area (Å²) in [6.45, 7) is 4.24. The molecule has 0 saturated carbocycles. The van der Waals surface area contributed by atoms with Gasteiger partial charge in [-0.2, -0.15) is 0 Å². The molecule has 2 nitrogen and oxygen atoms in total. The Morgan fingerprint density at radius 3 is 2.79 bits per heavy atom. The number of hydrogen-bond donors (Lipinski definition) is 0. The normalized spacial score (nSPS) is 17.6. The lowest BCUT2D eigenvalue weighted by atomic mass is 10.1. The molecule has 0 unspecified atom stereocenters. The molecule has 1 heterocycles. The summed E-state index contributed by atoms with van der Waals surface area (Å²) in [5.74, 6) is 1.04. The first-order chi connectivity index (χ1) is 9.27. The van der Waals surface area contributed by atoms with E-state index >= 15 is 0 Å². The zero-order valence-corrected chi connectivity index (χ0v) is 11.4. The molecular formula is C17H18N2. The van der Waals surface area contributed by atoms with Crippen molar-refractivity contribution in [3.05, 3.63) is 59.7 Å². The summed E-state index contributed by atoms with van der Waals surface area (Å²) in [7, 11) is 0.